The molecule has 8 rings (SSSR count). The third kappa shape index (κ3) is 6.94. The van der Waals surface area contributed by atoms with Crippen molar-refractivity contribution in [2.24, 2.45) is 0 Å². The zero-order valence-corrected chi connectivity index (χ0v) is 33.8. The molecule has 1 unspecified atom stereocenters. The van der Waals surface area contributed by atoms with Crippen molar-refractivity contribution in [3.8, 4) is 23.1 Å². The Balaban J connectivity index is 1.27. The van der Waals surface area contributed by atoms with Crippen LogP contribution in [0, 0.1) is 31.0 Å². The number of aryl methyl sites for hydroxylation is 1. The van der Waals surface area contributed by atoms with E-state index in [0.29, 0.717) is 60.3 Å². The molecule has 3 aromatic heterocycles. The predicted molar refractivity (Wildman–Crippen MR) is 213 cm³/mol. The molecule has 3 saturated heterocycles. The summed E-state index contributed by atoms with van der Waals surface area (Å²) >= 11 is 7.22. The Morgan fingerprint density at radius 1 is 1.02 bits per heavy atom. The maximum Gasteiger partial charge on any atom is 0.410 e. The van der Waals surface area contributed by atoms with Gasteiger partial charge in [0.1, 0.15) is 17.7 Å². The minimum Gasteiger partial charge on any atom is -0.475 e. The van der Waals surface area contributed by atoms with Crippen molar-refractivity contribution in [2.45, 2.75) is 116 Å². The molecule has 5 aromatic rings. The molecule has 0 aliphatic carbocycles. The molecule has 0 bridgehead atoms. The number of piperidine rings is 1. The first kappa shape index (κ1) is 38.4. The summed E-state index contributed by atoms with van der Waals surface area (Å²) in [7, 11) is 2.09. The van der Waals surface area contributed by atoms with E-state index in [2.05, 4.69) is 24.1 Å². The summed E-state index contributed by atoms with van der Waals surface area (Å²) in [6, 6.07) is 5.74. The number of carbonyl (C=O) groups excluding carboxylic acids is 1. The lowest BCUT2D eigenvalue weighted by molar-refractivity contribution is -0.0366. The summed E-state index contributed by atoms with van der Waals surface area (Å²) in [5, 5.41) is 21.6. The second-order valence-electron chi connectivity index (χ2n) is 16.7. The van der Waals surface area contributed by atoms with Gasteiger partial charge in [-0.05, 0) is 116 Å². The van der Waals surface area contributed by atoms with Crippen molar-refractivity contribution in [1.82, 2.24) is 34.3 Å². The van der Waals surface area contributed by atoms with Crippen molar-refractivity contribution < 1.29 is 23.4 Å². The maximum absolute atomic E-state index is 17.7. The molecule has 0 saturated carbocycles. The van der Waals surface area contributed by atoms with Crippen LogP contribution in [-0.4, -0.2) is 91.5 Å². The van der Waals surface area contributed by atoms with Crippen molar-refractivity contribution in [2.75, 3.05) is 33.4 Å². The van der Waals surface area contributed by atoms with E-state index < -0.39 is 23.6 Å². The molecular weight excluding hydrogens is 735 g/mol. The topological polar surface area (TPSA) is 124 Å². The SMILES string of the molecule is Cc1cc2c(cnn2C2CCCCO2)c(-c2c(Cl)cc3c(nc(OC[C@@H]4CCCN4C)c4cnn([C@H]5CCN(C(=O)OC(C)(C)C)[C@H](CC#N)C5)c43)c2F)c1C. The van der Waals surface area contributed by atoms with Crippen LogP contribution in [0.4, 0.5) is 9.18 Å². The van der Waals surface area contributed by atoms with Gasteiger partial charge in [-0.1, -0.05) is 11.6 Å². The first-order valence-corrected chi connectivity index (χ1v) is 20.2. The molecule has 0 N–H and O–H groups in total. The summed E-state index contributed by atoms with van der Waals surface area (Å²) in [4.78, 5) is 22.1. The largest absolute Gasteiger partial charge is 0.475 e. The Morgan fingerprint density at radius 2 is 1.80 bits per heavy atom. The molecule has 0 radical (unpaired) electrons. The molecule has 3 aliphatic rings. The normalized spacial score (nSPS) is 22.3. The van der Waals surface area contributed by atoms with Gasteiger partial charge in [0.2, 0.25) is 5.88 Å². The van der Waals surface area contributed by atoms with Gasteiger partial charge in [0.25, 0.3) is 0 Å². The highest BCUT2D eigenvalue weighted by Gasteiger charge is 2.37. The number of benzene rings is 2. The van der Waals surface area contributed by atoms with Crippen LogP contribution < -0.4 is 4.74 Å². The molecule has 6 heterocycles. The van der Waals surface area contributed by atoms with Crippen LogP contribution in [0.2, 0.25) is 5.02 Å². The predicted octanol–water partition coefficient (Wildman–Crippen LogP) is 9.04. The molecule has 3 aliphatic heterocycles. The fraction of sp³-hybridized carbons (Fsp3) is 0.548. The van der Waals surface area contributed by atoms with Crippen LogP contribution in [0.1, 0.15) is 95.5 Å². The number of likely N-dealkylation sites (N-methyl/N-ethyl adjacent to an activating group) is 1. The standard InChI is InChI=1S/C42H50ClFN8O4/c1-24-18-33-30(21-47-52(33)34-11-7-8-17-54-34)35(25(24)2)36-32(43)20-29-38(37(36)44)48-40(55-23-28-10-9-15-49(28)6)31-22-46-51(39(29)31)27-13-16-50(26(19-27)12-14-45)41(53)56-42(3,4)5/h18,20-22,26-28,34H,7-13,15-17,19,23H2,1-6H3/t26-,27+,28+,34?/m1/s1. The number of halogens is 2. The van der Waals surface area contributed by atoms with Crippen LogP contribution in [0.15, 0.2) is 24.5 Å². The van der Waals surface area contributed by atoms with E-state index in [1.807, 2.05) is 44.0 Å². The summed E-state index contributed by atoms with van der Waals surface area (Å²) in [5.41, 5.74) is 3.78. The average molecular weight is 785 g/mol. The number of pyridine rings is 1. The summed E-state index contributed by atoms with van der Waals surface area (Å²) in [5.74, 6) is -0.247. The lowest BCUT2D eigenvalue weighted by atomic mass is 9.92. The molecule has 3 fully saturated rings. The number of rotatable bonds is 7. The van der Waals surface area contributed by atoms with Gasteiger partial charge in [0.15, 0.2) is 12.0 Å². The van der Waals surface area contributed by atoms with E-state index in [1.54, 1.807) is 23.4 Å². The van der Waals surface area contributed by atoms with E-state index in [-0.39, 0.29) is 40.8 Å². The van der Waals surface area contributed by atoms with Crippen molar-refractivity contribution >= 4 is 50.4 Å². The fourth-order valence-corrected chi connectivity index (χ4v) is 9.12. The zero-order valence-electron chi connectivity index (χ0n) is 33.1. The third-order valence-electron chi connectivity index (χ3n) is 11.9. The Labute approximate surface area is 331 Å². The average Bonchev–Trinajstić information content (AvgIpc) is 3.91. The highest BCUT2D eigenvalue weighted by atomic mass is 35.5. The van der Waals surface area contributed by atoms with Gasteiger partial charge in [-0.3, -0.25) is 4.68 Å². The van der Waals surface area contributed by atoms with Crippen molar-refractivity contribution in [3.63, 3.8) is 0 Å². The summed E-state index contributed by atoms with van der Waals surface area (Å²) in [6.07, 6.45) is 9.03. The highest BCUT2D eigenvalue weighted by Crippen LogP contribution is 2.45. The molecule has 0 spiro atoms. The number of hydrogen-bond acceptors (Lipinski definition) is 9. The molecule has 14 heteroatoms. The minimum atomic E-state index is -0.672. The van der Waals surface area contributed by atoms with Crippen molar-refractivity contribution in [3.05, 3.63) is 46.5 Å². The first-order chi connectivity index (χ1) is 26.8. The number of nitrogens with zero attached hydrogens (tertiary/aromatic N) is 8. The highest BCUT2D eigenvalue weighted by molar-refractivity contribution is 6.35. The van der Waals surface area contributed by atoms with E-state index in [4.69, 9.17) is 41.0 Å². The number of fused-ring (bicyclic) bond motifs is 4. The van der Waals surface area contributed by atoms with Gasteiger partial charge >= 0.3 is 6.09 Å². The van der Waals surface area contributed by atoms with E-state index in [9.17, 15) is 10.1 Å². The first-order valence-electron chi connectivity index (χ1n) is 19.8. The summed E-state index contributed by atoms with van der Waals surface area (Å²) in [6.45, 7) is 11.9. The van der Waals surface area contributed by atoms with Crippen molar-refractivity contribution in [1.29, 1.82) is 5.26 Å². The minimum absolute atomic E-state index is 0.130. The number of likely N-dealkylation sites (tertiary alicyclic amines) is 2. The lowest BCUT2D eigenvalue weighted by Crippen LogP contribution is -2.48. The van der Waals surface area contributed by atoms with Gasteiger partial charge in [-0.25, -0.2) is 18.9 Å². The second-order valence-corrected chi connectivity index (χ2v) is 17.1. The Kier molecular flexibility index (Phi) is 10.3. The van der Waals surface area contributed by atoms with Gasteiger partial charge in [-0.2, -0.15) is 15.5 Å². The smallest absolute Gasteiger partial charge is 0.410 e. The van der Waals surface area contributed by atoms with E-state index in [0.717, 1.165) is 60.7 Å². The lowest BCUT2D eigenvalue weighted by Gasteiger charge is -2.39. The van der Waals surface area contributed by atoms with Crippen LogP contribution in [-0.2, 0) is 9.47 Å². The van der Waals surface area contributed by atoms with Gasteiger partial charge in [0, 0.05) is 41.1 Å². The van der Waals surface area contributed by atoms with Crippen LogP contribution in [0.5, 0.6) is 5.88 Å². The molecule has 296 valence electrons. The monoisotopic (exact) mass is 784 g/mol. The Bertz CT molecular complexity index is 2360. The summed E-state index contributed by atoms with van der Waals surface area (Å²) < 4.78 is 39.8. The Morgan fingerprint density at radius 3 is 2.52 bits per heavy atom. The number of hydrogen-bond donors (Lipinski definition) is 0. The third-order valence-corrected chi connectivity index (χ3v) is 12.2. The second kappa shape index (κ2) is 15.1. The molecule has 2 aromatic carbocycles. The number of ether oxygens (including phenoxy) is 3. The number of carbonyl (C=O) groups is 1. The van der Waals surface area contributed by atoms with E-state index >= 15 is 4.39 Å². The van der Waals surface area contributed by atoms with Crippen LogP contribution in [0.3, 0.4) is 0 Å². The van der Waals surface area contributed by atoms with Crippen LogP contribution in [0.25, 0.3) is 43.8 Å². The molecule has 56 heavy (non-hydrogen) atoms. The molecule has 1 amide bonds. The fourth-order valence-electron chi connectivity index (χ4n) is 8.83. The zero-order chi connectivity index (χ0) is 39.5. The van der Waals surface area contributed by atoms with Gasteiger partial charge in [-0.15, -0.1) is 0 Å². The molecular formula is C42H50ClFN8O4. The number of aromatic nitrogens is 5. The Hall–Kier alpha value is -4.51. The number of nitriles is 1. The quantitative estimate of drug-likeness (QED) is 0.159. The van der Waals surface area contributed by atoms with Gasteiger partial charge < -0.3 is 24.0 Å². The van der Waals surface area contributed by atoms with Gasteiger partial charge in [0.05, 0.1) is 58.4 Å². The molecule has 4 atom stereocenters. The molecule has 12 nitrogen and oxygen atoms in total. The maximum atomic E-state index is 17.7. The number of amides is 1. The van der Waals surface area contributed by atoms with E-state index in [1.165, 1.54) is 0 Å². The van der Waals surface area contributed by atoms with Crippen LogP contribution >= 0.6 is 11.6 Å².